The van der Waals surface area contributed by atoms with Crippen molar-refractivity contribution in [3.63, 3.8) is 0 Å². The summed E-state index contributed by atoms with van der Waals surface area (Å²) in [6, 6.07) is 3.34. The summed E-state index contributed by atoms with van der Waals surface area (Å²) < 4.78 is 5.26. The molecule has 0 spiro atoms. The zero-order valence-electron chi connectivity index (χ0n) is 15.5. The van der Waals surface area contributed by atoms with Crippen molar-refractivity contribution in [2.45, 2.75) is 44.4 Å². The molecule has 142 valence electrons. The minimum atomic E-state index is -0.446. The van der Waals surface area contributed by atoms with Crippen LogP contribution in [0.4, 0.5) is 0 Å². The van der Waals surface area contributed by atoms with Crippen molar-refractivity contribution >= 4 is 23.2 Å². The molecular weight excluding hydrogens is 366 g/mol. The number of allylic oxidation sites excluding steroid dienone is 4. The van der Waals surface area contributed by atoms with Gasteiger partial charge in [-0.2, -0.15) is 0 Å². The van der Waals surface area contributed by atoms with Crippen LogP contribution in [0.25, 0.3) is 0 Å². The maximum Gasteiger partial charge on any atom is 0.176 e. The standard InChI is InChI=1S/C21H22ClNO4/c1-23-13-5-3-7-15(24)19(13)18(20-14(23)6-4-8-16(20)25)11-9-12(22)21(26)17(10-11)27-2/h9-10,18,26H,3-8H2,1-2H3. The molecule has 1 N–H and O–H groups in total. The Labute approximate surface area is 163 Å². The van der Waals surface area contributed by atoms with Gasteiger partial charge in [-0.1, -0.05) is 11.6 Å². The number of Topliss-reactive ketones (excluding diaryl/α,β-unsaturated/α-hetero) is 2. The number of methoxy groups -OCH3 is 1. The molecular formula is C21H22ClNO4. The Morgan fingerprint density at radius 2 is 1.59 bits per heavy atom. The van der Waals surface area contributed by atoms with E-state index in [4.69, 9.17) is 16.3 Å². The van der Waals surface area contributed by atoms with Crippen molar-refractivity contribution in [3.8, 4) is 11.5 Å². The minimum Gasteiger partial charge on any atom is -0.503 e. The van der Waals surface area contributed by atoms with E-state index in [1.165, 1.54) is 7.11 Å². The van der Waals surface area contributed by atoms with E-state index in [2.05, 4.69) is 4.90 Å². The van der Waals surface area contributed by atoms with Crippen LogP contribution in [0.15, 0.2) is 34.7 Å². The lowest BCUT2D eigenvalue weighted by molar-refractivity contribution is -0.117. The number of carbonyl (C=O) groups excluding carboxylic acids is 2. The molecule has 0 saturated heterocycles. The highest BCUT2D eigenvalue weighted by atomic mass is 35.5. The Bertz CT molecular complexity index is 871. The summed E-state index contributed by atoms with van der Waals surface area (Å²) in [6.45, 7) is 0. The number of carbonyl (C=O) groups is 2. The van der Waals surface area contributed by atoms with Crippen LogP contribution < -0.4 is 4.74 Å². The van der Waals surface area contributed by atoms with E-state index in [9.17, 15) is 14.7 Å². The Morgan fingerprint density at radius 1 is 1.04 bits per heavy atom. The van der Waals surface area contributed by atoms with Gasteiger partial charge < -0.3 is 14.7 Å². The number of benzene rings is 1. The second kappa shape index (κ2) is 6.71. The van der Waals surface area contributed by atoms with Gasteiger partial charge in [0.1, 0.15) is 0 Å². The summed E-state index contributed by atoms with van der Waals surface area (Å²) in [5.74, 6) is -0.169. The summed E-state index contributed by atoms with van der Waals surface area (Å²) in [4.78, 5) is 27.9. The molecule has 5 nitrogen and oxygen atoms in total. The van der Waals surface area contributed by atoms with Crippen molar-refractivity contribution in [2.75, 3.05) is 14.2 Å². The molecule has 0 radical (unpaired) electrons. The van der Waals surface area contributed by atoms with Crippen LogP contribution in [0.1, 0.15) is 50.0 Å². The lowest BCUT2D eigenvalue weighted by Crippen LogP contribution is -2.37. The van der Waals surface area contributed by atoms with Gasteiger partial charge in [-0.3, -0.25) is 9.59 Å². The number of ether oxygens (including phenoxy) is 1. The number of aromatic hydroxyl groups is 1. The smallest absolute Gasteiger partial charge is 0.176 e. The lowest BCUT2D eigenvalue weighted by atomic mass is 9.71. The first-order chi connectivity index (χ1) is 12.9. The summed E-state index contributed by atoms with van der Waals surface area (Å²) >= 11 is 6.23. The highest BCUT2D eigenvalue weighted by Crippen LogP contribution is 2.50. The van der Waals surface area contributed by atoms with Gasteiger partial charge in [0.25, 0.3) is 0 Å². The van der Waals surface area contributed by atoms with Crippen LogP contribution in [0.5, 0.6) is 11.5 Å². The van der Waals surface area contributed by atoms with Crippen molar-refractivity contribution < 1.29 is 19.4 Å². The molecule has 0 bridgehead atoms. The van der Waals surface area contributed by atoms with Gasteiger partial charge >= 0.3 is 0 Å². The molecule has 0 fully saturated rings. The van der Waals surface area contributed by atoms with E-state index >= 15 is 0 Å². The highest BCUT2D eigenvalue weighted by molar-refractivity contribution is 6.32. The largest absolute Gasteiger partial charge is 0.503 e. The number of nitrogens with zero attached hydrogens (tertiary/aromatic N) is 1. The number of phenols is 1. The molecule has 2 aliphatic carbocycles. The Morgan fingerprint density at radius 3 is 2.11 bits per heavy atom. The van der Waals surface area contributed by atoms with Crippen molar-refractivity contribution in [3.05, 3.63) is 45.3 Å². The fourth-order valence-corrected chi connectivity index (χ4v) is 4.82. The molecule has 1 aliphatic heterocycles. The molecule has 3 aliphatic rings. The van der Waals surface area contributed by atoms with Gasteiger partial charge in [0.2, 0.25) is 0 Å². The first-order valence-electron chi connectivity index (χ1n) is 9.26. The molecule has 1 aromatic rings. The van der Waals surface area contributed by atoms with Crippen molar-refractivity contribution in [2.24, 2.45) is 0 Å². The van der Waals surface area contributed by atoms with Crippen LogP contribution in [0.3, 0.4) is 0 Å². The van der Waals surface area contributed by atoms with Crippen LogP contribution in [0.2, 0.25) is 5.02 Å². The molecule has 6 heteroatoms. The Balaban J connectivity index is 1.98. The predicted octanol–water partition coefficient (Wildman–Crippen LogP) is 4.10. The highest BCUT2D eigenvalue weighted by Gasteiger charge is 2.42. The molecule has 0 aromatic heterocycles. The number of halogens is 1. The summed E-state index contributed by atoms with van der Waals surface area (Å²) in [7, 11) is 3.42. The van der Waals surface area contributed by atoms with Gasteiger partial charge in [-0.25, -0.2) is 0 Å². The topological polar surface area (TPSA) is 66.8 Å². The number of rotatable bonds is 2. The van der Waals surface area contributed by atoms with E-state index in [-0.39, 0.29) is 28.1 Å². The van der Waals surface area contributed by atoms with Gasteiger partial charge in [0.05, 0.1) is 12.1 Å². The van der Waals surface area contributed by atoms with Gasteiger partial charge in [-0.05, 0) is 43.4 Å². The second-order valence-electron chi connectivity index (χ2n) is 7.32. The number of phenolic OH excluding ortho intramolecular Hbond substituents is 1. The normalized spacial score (nSPS) is 20.8. The average Bonchev–Trinajstić information content (AvgIpc) is 2.65. The molecule has 1 heterocycles. The Hall–Kier alpha value is -2.27. The fourth-order valence-electron chi connectivity index (χ4n) is 4.60. The second-order valence-corrected chi connectivity index (χ2v) is 7.73. The first kappa shape index (κ1) is 18.1. The molecule has 0 amide bonds. The van der Waals surface area contributed by atoms with Crippen LogP contribution >= 0.6 is 11.6 Å². The SMILES string of the molecule is COc1cc(C2C3=C(CCCC3=O)N(C)C3=C2C(=O)CCC3)cc(Cl)c1O. The van der Waals surface area contributed by atoms with Gasteiger partial charge in [-0.15, -0.1) is 0 Å². The molecule has 27 heavy (non-hydrogen) atoms. The summed E-state index contributed by atoms with van der Waals surface area (Å²) in [5.41, 5.74) is 4.12. The summed E-state index contributed by atoms with van der Waals surface area (Å²) in [5, 5.41) is 10.3. The molecule has 4 rings (SSSR count). The fraction of sp³-hybridized carbons (Fsp3) is 0.429. The monoisotopic (exact) mass is 387 g/mol. The van der Waals surface area contributed by atoms with Crippen molar-refractivity contribution in [1.29, 1.82) is 0 Å². The third-order valence-electron chi connectivity index (χ3n) is 5.85. The third kappa shape index (κ3) is 2.76. The molecule has 0 saturated carbocycles. The van der Waals surface area contributed by atoms with Gasteiger partial charge in [0.15, 0.2) is 23.1 Å². The van der Waals surface area contributed by atoms with Gasteiger partial charge in [0, 0.05) is 48.3 Å². The van der Waals surface area contributed by atoms with Crippen LogP contribution in [-0.2, 0) is 9.59 Å². The predicted molar refractivity (Wildman–Crippen MR) is 102 cm³/mol. The maximum absolute atomic E-state index is 12.9. The van der Waals surface area contributed by atoms with E-state index < -0.39 is 5.92 Å². The number of ketones is 2. The number of hydrogen-bond donors (Lipinski definition) is 1. The summed E-state index contributed by atoms with van der Waals surface area (Å²) in [6.07, 6.45) is 4.27. The van der Waals surface area contributed by atoms with E-state index in [1.54, 1.807) is 12.1 Å². The van der Waals surface area contributed by atoms with Crippen LogP contribution in [0, 0.1) is 0 Å². The first-order valence-corrected chi connectivity index (χ1v) is 9.64. The number of hydrogen-bond acceptors (Lipinski definition) is 5. The van der Waals surface area contributed by atoms with E-state index in [0.29, 0.717) is 29.6 Å². The molecule has 0 atom stereocenters. The third-order valence-corrected chi connectivity index (χ3v) is 6.14. The van der Waals surface area contributed by atoms with Crippen molar-refractivity contribution in [1.82, 2.24) is 4.90 Å². The Kier molecular flexibility index (Phi) is 4.50. The quantitative estimate of drug-likeness (QED) is 0.827. The van der Waals surface area contributed by atoms with E-state index in [0.717, 1.165) is 37.1 Å². The maximum atomic E-state index is 12.9. The minimum absolute atomic E-state index is 0.0844. The average molecular weight is 388 g/mol. The zero-order valence-corrected chi connectivity index (χ0v) is 16.2. The van der Waals surface area contributed by atoms with Crippen LogP contribution in [-0.4, -0.2) is 35.7 Å². The lowest BCUT2D eigenvalue weighted by Gasteiger charge is -2.42. The zero-order chi connectivity index (χ0) is 19.3. The molecule has 0 unspecified atom stereocenters. The molecule has 1 aromatic carbocycles. The van der Waals surface area contributed by atoms with E-state index in [1.807, 2.05) is 7.05 Å².